The average molecular weight is 284 g/mol. The topological polar surface area (TPSA) is 117 Å². The highest BCUT2D eigenvalue weighted by Crippen LogP contribution is 2.28. The van der Waals surface area contributed by atoms with Crippen molar-refractivity contribution in [3.8, 4) is 11.5 Å². The summed E-state index contributed by atoms with van der Waals surface area (Å²) < 4.78 is 10.1. The summed E-state index contributed by atoms with van der Waals surface area (Å²) in [6.45, 7) is -0.409. The van der Waals surface area contributed by atoms with Crippen molar-refractivity contribution in [2.75, 3.05) is 26.1 Å². The molecule has 0 aliphatic carbocycles. The van der Waals surface area contributed by atoms with Crippen LogP contribution in [0.15, 0.2) is 18.2 Å². The molecule has 0 spiro atoms. The zero-order valence-electron chi connectivity index (χ0n) is 11.0. The van der Waals surface area contributed by atoms with Crippen LogP contribution < -0.4 is 20.1 Å². The van der Waals surface area contributed by atoms with Gasteiger partial charge in [-0.15, -0.1) is 0 Å². The van der Waals surface area contributed by atoms with Gasteiger partial charge >= 0.3 is 12.0 Å². The molecular weight excluding hydrogens is 268 g/mol. The number of hydrogen-bond donors (Lipinski definition) is 4. The Hall–Kier alpha value is -2.48. The van der Waals surface area contributed by atoms with Gasteiger partial charge in [0.25, 0.3) is 0 Å². The Morgan fingerprint density at radius 3 is 2.55 bits per heavy atom. The van der Waals surface area contributed by atoms with Crippen molar-refractivity contribution in [2.24, 2.45) is 0 Å². The second-order valence-corrected chi connectivity index (χ2v) is 3.76. The number of aliphatic hydroxyl groups excluding tert-OH is 1. The lowest BCUT2D eigenvalue weighted by Gasteiger charge is -2.13. The minimum Gasteiger partial charge on any atom is -0.497 e. The number of urea groups is 1. The smallest absolute Gasteiger partial charge is 0.334 e. The van der Waals surface area contributed by atoms with Crippen molar-refractivity contribution in [2.45, 2.75) is 6.10 Å². The van der Waals surface area contributed by atoms with Crippen LogP contribution in [0, 0.1) is 0 Å². The first-order valence-corrected chi connectivity index (χ1v) is 5.65. The van der Waals surface area contributed by atoms with Crippen molar-refractivity contribution >= 4 is 17.7 Å². The molecule has 1 aromatic carbocycles. The first kappa shape index (κ1) is 15.6. The van der Waals surface area contributed by atoms with Crippen LogP contribution in [-0.4, -0.2) is 49.1 Å². The molecule has 110 valence electrons. The van der Waals surface area contributed by atoms with Crippen LogP contribution in [0.3, 0.4) is 0 Å². The van der Waals surface area contributed by atoms with E-state index in [9.17, 15) is 9.59 Å². The molecular formula is C12H16N2O6. The number of amides is 2. The molecule has 2 amide bonds. The number of carboxylic acid groups (broad SMARTS) is 1. The van der Waals surface area contributed by atoms with E-state index in [0.29, 0.717) is 17.2 Å². The molecule has 0 saturated carbocycles. The zero-order chi connectivity index (χ0) is 15.1. The van der Waals surface area contributed by atoms with Gasteiger partial charge in [0.1, 0.15) is 11.5 Å². The first-order valence-electron chi connectivity index (χ1n) is 5.65. The highest BCUT2D eigenvalue weighted by molar-refractivity contribution is 5.91. The summed E-state index contributed by atoms with van der Waals surface area (Å²) in [7, 11) is 2.92. The third kappa shape index (κ3) is 4.32. The Morgan fingerprint density at radius 1 is 1.30 bits per heavy atom. The minimum absolute atomic E-state index is 0.356. The van der Waals surface area contributed by atoms with Crippen molar-refractivity contribution in [1.82, 2.24) is 5.32 Å². The number of methoxy groups -OCH3 is 2. The van der Waals surface area contributed by atoms with E-state index in [1.807, 2.05) is 0 Å². The Balaban J connectivity index is 2.67. The SMILES string of the molecule is COc1ccc(OC)c(NC(=O)NC[C@H](O)C(=O)O)c1. The van der Waals surface area contributed by atoms with Gasteiger partial charge in [-0.25, -0.2) is 9.59 Å². The van der Waals surface area contributed by atoms with Crippen LogP contribution in [0.2, 0.25) is 0 Å². The molecule has 20 heavy (non-hydrogen) atoms. The van der Waals surface area contributed by atoms with E-state index in [1.165, 1.54) is 14.2 Å². The molecule has 0 unspecified atom stereocenters. The summed E-state index contributed by atoms with van der Waals surface area (Å²) >= 11 is 0. The van der Waals surface area contributed by atoms with E-state index in [0.717, 1.165) is 0 Å². The van der Waals surface area contributed by atoms with Crippen LogP contribution in [-0.2, 0) is 4.79 Å². The molecule has 8 nitrogen and oxygen atoms in total. The molecule has 0 aliphatic heterocycles. The van der Waals surface area contributed by atoms with Gasteiger partial charge in [-0.1, -0.05) is 0 Å². The second-order valence-electron chi connectivity index (χ2n) is 3.76. The largest absolute Gasteiger partial charge is 0.497 e. The molecule has 0 bridgehead atoms. The fourth-order valence-electron chi connectivity index (χ4n) is 1.35. The summed E-state index contributed by atoms with van der Waals surface area (Å²) in [5.74, 6) is -0.476. The maximum atomic E-state index is 11.6. The second kappa shape index (κ2) is 7.19. The van der Waals surface area contributed by atoms with Crippen molar-refractivity contribution in [3.63, 3.8) is 0 Å². The third-order valence-corrected chi connectivity index (χ3v) is 2.40. The summed E-state index contributed by atoms with van der Waals surface area (Å²) in [5.41, 5.74) is 0.356. The van der Waals surface area contributed by atoms with Crippen molar-refractivity contribution in [1.29, 1.82) is 0 Å². The summed E-state index contributed by atoms with van der Waals surface area (Å²) in [6, 6.07) is 4.15. The predicted molar refractivity (Wildman–Crippen MR) is 70.2 cm³/mol. The molecule has 1 atom stereocenters. The normalized spacial score (nSPS) is 11.3. The molecule has 4 N–H and O–H groups in total. The Morgan fingerprint density at radius 2 is 2.00 bits per heavy atom. The Labute approximate surface area is 115 Å². The summed E-state index contributed by atoms with van der Waals surface area (Å²) in [6.07, 6.45) is -1.66. The van der Waals surface area contributed by atoms with E-state index < -0.39 is 24.6 Å². The van der Waals surface area contributed by atoms with Gasteiger partial charge in [-0.05, 0) is 12.1 Å². The van der Waals surface area contributed by atoms with Crippen LogP contribution in [0.5, 0.6) is 11.5 Å². The number of carboxylic acids is 1. The number of rotatable bonds is 6. The molecule has 0 aliphatic rings. The lowest BCUT2D eigenvalue weighted by atomic mass is 10.2. The molecule has 0 fully saturated rings. The number of aliphatic carboxylic acids is 1. The van der Waals surface area contributed by atoms with Gasteiger partial charge in [0.15, 0.2) is 6.10 Å². The highest BCUT2D eigenvalue weighted by atomic mass is 16.5. The van der Waals surface area contributed by atoms with Gasteiger partial charge in [0, 0.05) is 6.07 Å². The minimum atomic E-state index is -1.66. The zero-order valence-corrected chi connectivity index (χ0v) is 11.0. The van der Waals surface area contributed by atoms with E-state index in [-0.39, 0.29) is 0 Å². The number of benzene rings is 1. The van der Waals surface area contributed by atoms with Crippen LogP contribution in [0.4, 0.5) is 10.5 Å². The summed E-state index contributed by atoms with van der Waals surface area (Å²) in [5, 5.41) is 22.2. The van der Waals surface area contributed by atoms with Crippen LogP contribution >= 0.6 is 0 Å². The van der Waals surface area contributed by atoms with Gasteiger partial charge in [-0.2, -0.15) is 0 Å². The third-order valence-electron chi connectivity index (χ3n) is 2.40. The van der Waals surface area contributed by atoms with E-state index in [1.54, 1.807) is 18.2 Å². The number of anilines is 1. The highest BCUT2D eigenvalue weighted by Gasteiger charge is 2.15. The van der Waals surface area contributed by atoms with Crippen LogP contribution in [0.25, 0.3) is 0 Å². The maximum absolute atomic E-state index is 11.6. The molecule has 1 rings (SSSR count). The molecule has 0 aromatic heterocycles. The van der Waals surface area contributed by atoms with Gasteiger partial charge < -0.3 is 30.3 Å². The number of ether oxygens (including phenoxy) is 2. The van der Waals surface area contributed by atoms with Crippen LogP contribution in [0.1, 0.15) is 0 Å². The van der Waals surface area contributed by atoms with Gasteiger partial charge in [0.05, 0.1) is 26.5 Å². The van der Waals surface area contributed by atoms with E-state index in [2.05, 4.69) is 10.6 Å². The molecule has 1 aromatic rings. The Kier molecular flexibility index (Phi) is 5.60. The lowest BCUT2D eigenvalue weighted by molar-refractivity contribution is -0.146. The molecule has 0 heterocycles. The Bertz CT molecular complexity index is 491. The molecule has 0 saturated heterocycles. The van der Waals surface area contributed by atoms with Crippen molar-refractivity contribution in [3.05, 3.63) is 18.2 Å². The average Bonchev–Trinajstić information content (AvgIpc) is 2.44. The van der Waals surface area contributed by atoms with E-state index in [4.69, 9.17) is 19.7 Å². The number of carbonyl (C=O) groups is 2. The molecule has 8 heteroatoms. The number of aliphatic hydroxyl groups is 1. The van der Waals surface area contributed by atoms with E-state index >= 15 is 0 Å². The number of nitrogens with one attached hydrogen (secondary N) is 2. The molecule has 0 radical (unpaired) electrons. The maximum Gasteiger partial charge on any atom is 0.334 e. The number of carbonyl (C=O) groups excluding carboxylic acids is 1. The predicted octanol–water partition coefficient (Wildman–Crippen LogP) is 0.271. The van der Waals surface area contributed by atoms with Crippen molar-refractivity contribution < 1.29 is 29.3 Å². The first-order chi connectivity index (χ1) is 9.47. The number of hydrogen-bond acceptors (Lipinski definition) is 5. The quantitative estimate of drug-likeness (QED) is 0.595. The fraction of sp³-hybridized carbons (Fsp3) is 0.333. The fourth-order valence-corrected chi connectivity index (χ4v) is 1.35. The lowest BCUT2D eigenvalue weighted by Crippen LogP contribution is -2.38. The summed E-state index contributed by atoms with van der Waals surface area (Å²) in [4.78, 5) is 22.0. The van der Waals surface area contributed by atoms with Gasteiger partial charge in [-0.3, -0.25) is 0 Å². The van der Waals surface area contributed by atoms with Gasteiger partial charge in [0.2, 0.25) is 0 Å². The standard InChI is InChI=1S/C12H16N2O6/c1-19-7-3-4-10(20-2)8(5-7)14-12(18)13-6-9(15)11(16)17/h3-5,9,15H,6H2,1-2H3,(H,16,17)(H2,13,14,18)/t9-/m0/s1. The monoisotopic (exact) mass is 284 g/mol.